The second-order valence-electron chi connectivity index (χ2n) is 7.74. The van der Waals surface area contributed by atoms with E-state index in [2.05, 4.69) is 5.32 Å². The van der Waals surface area contributed by atoms with E-state index in [1.165, 1.54) is 9.87 Å². The smallest absolute Gasteiger partial charge is 0.243 e. The van der Waals surface area contributed by atoms with Gasteiger partial charge in [0, 0.05) is 24.7 Å². The van der Waals surface area contributed by atoms with Crippen LogP contribution in [-0.4, -0.2) is 31.7 Å². The molecule has 3 rings (SSSR count). The minimum absolute atomic E-state index is 0.0352. The molecule has 6 heteroatoms. The Balaban J connectivity index is 1.65. The predicted molar refractivity (Wildman–Crippen MR) is 112 cm³/mol. The predicted octanol–water partition coefficient (Wildman–Crippen LogP) is 3.96. The van der Waals surface area contributed by atoms with E-state index in [0.717, 1.165) is 22.4 Å². The van der Waals surface area contributed by atoms with Gasteiger partial charge in [0.05, 0.1) is 4.90 Å². The summed E-state index contributed by atoms with van der Waals surface area (Å²) in [4.78, 5) is 13.0. The van der Waals surface area contributed by atoms with Crippen molar-refractivity contribution in [1.82, 2.24) is 4.31 Å². The number of nitrogens with one attached hydrogen (secondary N) is 1. The quantitative estimate of drug-likeness (QED) is 0.845. The molecule has 1 fully saturated rings. The number of carbonyl (C=O) groups is 1. The summed E-state index contributed by atoms with van der Waals surface area (Å²) < 4.78 is 27.6. The van der Waals surface area contributed by atoms with Crippen molar-refractivity contribution < 1.29 is 13.2 Å². The SMILES string of the molecule is Cc1ccc(C)c(S(=O)(=O)N2CCC(C(=O)Nc3ccc(C)c(C)c3)CC2)c1. The number of carbonyl (C=O) groups excluding carboxylic acids is 1. The van der Waals surface area contributed by atoms with Crippen LogP contribution < -0.4 is 5.32 Å². The number of sulfonamides is 1. The number of benzene rings is 2. The summed E-state index contributed by atoms with van der Waals surface area (Å²) in [7, 11) is -3.53. The average molecular weight is 401 g/mol. The standard InChI is InChI=1S/C22H28N2O3S/c1-15-5-6-17(3)21(13-15)28(26,27)24-11-9-19(10-12-24)22(25)23-20-8-7-16(2)18(4)14-20/h5-8,13-14,19H,9-12H2,1-4H3,(H,23,25). The molecule has 1 heterocycles. The molecule has 0 atom stereocenters. The molecule has 0 aliphatic carbocycles. The number of aryl methyl sites for hydroxylation is 4. The third-order valence-electron chi connectivity index (χ3n) is 5.56. The first-order chi connectivity index (χ1) is 13.2. The summed E-state index contributed by atoms with van der Waals surface area (Å²) >= 11 is 0. The molecule has 0 saturated carbocycles. The van der Waals surface area contributed by atoms with Gasteiger partial charge in [0.2, 0.25) is 15.9 Å². The summed E-state index contributed by atoms with van der Waals surface area (Å²) in [6.45, 7) is 8.48. The fourth-order valence-corrected chi connectivity index (χ4v) is 5.33. The molecule has 1 amide bonds. The van der Waals surface area contributed by atoms with E-state index in [1.54, 1.807) is 6.07 Å². The monoisotopic (exact) mass is 400 g/mol. The van der Waals surface area contributed by atoms with Crippen LogP contribution in [0.25, 0.3) is 0 Å². The summed E-state index contributed by atoms with van der Waals surface area (Å²) in [5, 5.41) is 2.97. The molecule has 2 aromatic carbocycles. The van der Waals surface area contributed by atoms with Crippen molar-refractivity contribution in [2.24, 2.45) is 5.92 Å². The lowest BCUT2D eigenvalue weighted by atomic mass is 9.97. The molecular formula is C22H28N2O3S. The van der Waals surface area contributed by atoms with Gasteiger partial charge >= 0.3 is 0 Å². The van der Waals surface area contributed by atoms with Crippen molar-refractivity contribution in [2.45, 2.75) is 45.4 Å². The first kappa shape index (κ1) is 20.6. The van der Waals surface area contributed by atoms with E-state index in [1.807, 2.05) is 58.0 Å². The highest BCUT2D eigenvalue weighted by Gasteiger charge is 2.32. The molecule has 0 spiro atoms. The lowest BCUT2D eigenvalue weighted by Crippen LogP contribution is -2.41. The maximum atomic E-state index is 13.0. The van der Waals surface area contributed by atoms with Crippen LogP contribution in [-0.2, 0) is 14.8 Å². The zero-order valence-electron chi connectivity index (χ0n) is 17.0. The van der Waals surface area contributed by atoms with Crippen molar-refractivity contribution in [2.75, 3.05) is 18.4 Å². The van der Waals surface area contributed by atoms with Gasteiger partial charge in [-0.3, -0.25) is 4.79 Å². The molecule has 1 N–H and O–H groups in total. The minimum atomic E-state index is -3.53. The molecule has 1 aliphatic rings. The van der Waals surface area contributed by atoms with Gasteiger partial charge in [-0.1, -0.05) is 18.2 Å². The molecule has 0 radical (unpaired) electrons. The Morgan fingerprint density at radius 2 is 1.57 bits per heavy atom. The van der Waals surface area contributed by atoms with Crippen LogP contribution in [0.3, 0.4) is 0 Å². The number of hydrogen-bond acceptors (Lipinski definition) is 3. The van der Waals surface area contributed by atoms with Crippen molar-refractivity contribution in [1.29, 1.82) is 0 Å². The second-order valence-corrected chi connectivity index (χ2v) is 9.64. The summed E-state index contributed by atoms with van der Waals surface area (Å²) in [6, 6.07) is 11.3. The van der Waals surface area contributed by atoms with Crippen LogP contribution in [0.4, 0.5) is 5.69 Å². The topological polar surface area (TPSA) is 66.5 Å². The first-order valence-electron chi connectivity index (χ1n) is 9.64. The summed E-state index contributed by atoms with van der Waals surface area (Å²) in [6.07, 6.45) is 1.06. The normalized spacial score (nSPS) is 16.1. The molecule has 1 aliphatic heterocycles. The third-order valence-corrected chi connectivity index (χ3v) is 7.60. The number of amides is 1. The molecule has 0 aromatic heterocycles. The van der Waals surface area contributed by atoms with Gasteiger partial charge in [0.25, 0.3) is 0 Å². The largest absolute Gasteiger partial charge is 0.326 e. The summed E-state index contributed by atoms with van der Waals surface area (Å²) in [5.74, 6) is -0.210. The molecule has 0 unspecified atom stereocenters. The van der Waals surface area contributed by atoms with Crippen LogP contribution in [0, 0.1) is 33.6 Å². The highest BCUT2D eigenvalue weighted by Crippen LogP contribution is 2.27. The van der Waals surface area contributed by atoms with Gasteiger partial charge < -0.3 is 5.32 Å². The number of piperidine rings is 1. The fraction of sp³-hybridized carbons (Fsp3) is 0.409. The fourth-order valence-electron chi connectivity index (χ4n) is 3.55. The van der Waals surface area contributed by atoms with Gasteiger partial charge in [-0.05, 0) is 81.0 Å². The van der Waals surface area contributed by atoms with Crippen LogP contribution >= 0.6 is 0 Å². The van der Waals surface area contributed by atoms with E-state index in [-0.39, 0.29) is 11.8 Å². The number of nitrogens with zero attached hydrogens (tertiary/aromatic N) is 1. The van der Waals surface area contributed by atoms with Gasteiger partial charge in [0.1, 0.15) is 0 Å². The molecule has 2 aromatic rings. The number of hydrogen-bond donors (Lipinski definition) is 1. The van der Waals surface area contributed by atoms with E-state index in [0.29, 0.717) is 30.8 Å². The number of anilines is 1. The Morgan fingerprint density at radius 1 is 0.929 bits per heavy atom. The molecular weight excluding hydrogens is 372 g/mol. The van der Waals surface area contributed by atoms with Gasteiger partial charge in [0.15, 0.2) is 0 Å². The average Bonchev–Trinajstić information content (AvgIpc) is 2.66. The van der Waals surface area contributed by atoms with E-state index < -0.39 is 10.0 Å². The van der Waals surface area contributed by atoms with Crippen molar-refractivity contribution in [3.05, 3.63) is 58.7 Å². The van der Waals surface area contributed by atoms with Gasteiger partial charge in [-0.25, -0.2) is 8.42 Å². The highest BCUT2D eigenvalue weighted by atomic mass is 32.2. The lowest BCUT2D eigenvalue weighted by Gasteiger charge is -2.31. The lowest BCUT2D eigenvalue weighted by molar-refractivity contribution is -0.120. The molecule has 5 nitrogen and oxygen atoms in total. The number of rotatable bonds is 4. The minimum Gasteiger partial charge on any atom is -0.326 e. The Morgan fingerprint density at radius 3 is 2.21 bits per heavy atom. The third kappa shape index (κ3) is 4.28. The zero-order chi connectivity index (χ0) is 20.5. The van der Waals surface area contributed by atoms with Gasteiger partial charge in [-0.2, -0.15) is 4.31 Å². The van der Waals surface area contributed by atoms with Gasteiger partial charge in [-0.15, -0.1) is 0 Å². The first-order valence-corrected chi connectivity index (χ1v) is 11.1. The maximum Gasteiger partial charge on any atom is 0.243 e. The van der Waals surface area contributed by atoms with Crippen molar-refractivity contribution >= 4 is 21.6 Å². The Hall–Kier alpha value is -2.18. The second kappa shape index (κ2) is 8.05. The molecule has 0 bridgehead atoms. The van der Waals surface area contributed by atoms with E-state index in [4.69, 9.17) is 0 Å². The van der Waals surface area contributed by atoms with Crippen LogP contribution in [0.1, 0.15) is 35.1 Å². The Labute approximate surface area is 167 Å². The Bertz CT molecular complexity index is 991. The summed E-state index contributed by atoms with van der Waals surface area (Å²) in [5.41, 5.74) is 4.78. The van der Waals surface area contributed by atoms with E-state index >= 15 is 0 Å². The molecule has 28 heavy (non-hydrogen) atoms. The maximum absolute atomic E-state index is 13.0. The molecule has 1 saturated heterocycles. The van der Waals surface area contributed by atoms with E-state index in [9.17, 15) is 13.2 Å². The Kier molecular flexibility index (Phi) is 5.91. The molecule has 150 valence electrons. The zero-order valence-corrected chi connectivity index (χ0v) is 17.8. The van der Waals surface area contributed by atoms with Crippen LogP contribution in [0.2, 0.25) is 0 Å². The van der Waals surface area contributed by atoms with Crippen LogP contribution in [0.5, 0.6) is 0 Å². The van der Waals surface area contributed by atoms with Crippen LogP contribution in [0.15, 0.2) is 41.3 Å². The van der Waals surface area contributed by atoms with Crippen molar-refractivity contribution in [3.63, 3.8) is 0 Å². The van der Waals surface area contributed by atoms with Crippen molar-refractivity contribution in [3.8, 4) is 0 Å². The highest BCUT2D eigenvalue weighted by molar-refractivity contribution is 7.89.